The van der Waals surface area contributed by atoms with Gasteiger partial charge >= 0.3 is 0 Å². The van der Waals surface area contributed by atoms with Gasteiger partial charge in [0, 0.05) is 68.3 Å². The summed E-state index contributed by atoms with van der Waals surface area (Å²) in [6, 6.07) is 18.8. The number of carbonyl (C=O) groups is 1. The Bertz CT molecular complexity index is 3020. The van der Waals surface area contributed by atoms with Gasteiger partial charge in [0.25, 0.3) is 21.8 Å². The van der Waals surface area contributed by atoms with E-state index in [0.717, 1.165) is 95.8 Å². The number of piperidine rings is 2. The molecule has 16 nitrogen and oxygen atoms in total. The number of hydrogen-bond donors (Lipinski definition) is 4. The zero-order valence-corrected chi connectivity index (χ0v) is 43.7. The SMILES string of the molecule is CC(C)c1ccccc1[C@H]1CCCN1C1CC2(CCN(c3ccc(C(=O)NS(=O)(=O)c4cc(N=O)c5c(c4)OC[C@H](C4CCC(C)(O)CC4)N5)c(Oc4cc5c(F)c[nH]c5nc4OC4CCN(C)CC4)c3)CC2)C1. The highest BCUT2D eigenvalue weighted by Crippen LogP contribution is 2.55. The van der Waals surface area contributed by atoms with Gasteiger partial charge < -0.3 is 39.4 Å². The Balaban J connectivity index is 0.849. The first-order valence-corrected chi connectivity index (χ1v) is 28.2. The summed E-state index contributed by atoms with van der Waals surface area (Å²) < 4.78 is 65.1. The zero-order chi connectivity index (χ0) is 51.5. The van der Waals surface area contributed by atoms with Crippen molar-refractivity contribution in [1.29, 1.82) is 0 Å². The molecule has 18 heteroatoms. The molecule has 6 heterocycles. The van der Waals surface area contributed by atoms with Crippen LogP contribution in [0, 0.1) is 22.1 Å². The molecule has 394 valence electrons. The molecular weight excluding hydrogens is 964 g/mol. The molecule has 6 aliphatic rings. The maximum absolute atomic E-state index is 15.2. The molecule has 3 aromatic carbocycles. The lowest BCUT2D eigenvalue weighted by Crippen LogP contribution is -2.54. The smallest absolute Gasteiger partial charge is 0.268 e. The number of H-pyrrole nitrogens is 1. The predicted octanol–water partition coefficient (Wildman–Crippen LogP) is 10.3. The molecule has 0 unspecified atom stereocenters. The fourth-order valence-corrected chi connectivity index (χ4v) is 13.8. The Morgan fingerprint density at radius 2 is 1.72 bits per heavy atom. The number of nitrogens with one attached hydrogen (secondary N) is 3. The van der Waals surface area contributed by atoms with Crippen LogP contribution in [0.15, 0.2) is 76.9 Å². The number of hydrogen-bond acceptors (Lipinski definition) is 14. The number of pyridine rings is 1. The normalized spacial score (nSPS) is 24.8. The van der Waals surface area contributed by atoms with E-state index in [1.807, 2.05) is 6.92 Å². The number of likely N-dealkylation sites (tertiary alicyclic amines) is 2. The first-order valence-electron chi connectivity index (χ1n) is 26.7. The Morgan fingerprint density at radius 3 is 2.46 bits per heavy atom. The molecule has 2 aliphatic carbocycles. The highest BCUT2D eigenvalue weighted by Gasteiger charge is 2.50. The quantitative estimate of drug-likeness (QED) is 0.0816. The van der Waals surface area contributed by atoms with Crippen LogP contribution in [0.25, 0.3) is 11.0 Å². The van der Waals surface area contributed by atoms with Crippen molar-refractivity contribution in [2.75, 3.05) is 56.6 Å². The molecule has 0 radical (unpaired) electrons. The second-order valence-corrected chi connectivity index (χ2v) is 24.4. The van der Waals surface area contributed by atoms with Gasteiger partial charge in [0.15, 0.2) is 5.75 Å². The third kappa shape index (κ3) is 10.1. The molecule has 3 saturated heterocycles. The predicted molar refractivity (Wildman–Crippen MR) is 282 cm³/mol. The first kappa shape index (κ1) is 50.3. The summed E-state index contributed by atoms with van der Waals surface area (Å²) in [5, 5.41) is 17.2. The van der Waals surface area contributed by atoms with E-state index >= 15 is 4.39 Å². The van der Waals surface area contributed by atoms with Crippen LogP contribution in [0.3, 0.4) is 0 Å². The van der Waals surface area contributed by atoms with Gasteiger partial charge in [-0.15, -0.1) is 4.91 Å². The van der Waals surface area contributed by atoms with Crippen molar-refractivity contribution < 1.29 is 36.9 Å². The number of aromatic amines is 1. The van der Waals surface area contributed by atoms with Crippen LogP contribution >= 0.6 is 0 Å². The average Bonchev–Trinajstić information content (AvgIpc) is 4.02. The number of anilines is 2. The summed E-state index contributed by atoms with van der Waals surface area (Å²) in [7, 11) is -2.59. The van der Waals surface area contributed by atoms with Crippen LogP contribution < -0.4 is 29.1 Å². The van der Waals surface area contributed by atoms with E-state index in [-0.39, 0.29) is 86.1 Å². The Kier molecular flexibility index (Phi) is 13.6. The van der Waals surface area contributed by atoms with Crippen LogP contribution in [-0.4, -0.2) is 109 Å². The van der Waals surface area contributed by atoms with Crippen molar-refractivity contribution in [3.63, 3.8) is 0 Å². The van der Waals surface area contributed by atoms with Crippen LogP contribution in [-0.2, 0) is 10.0 Å². The molecule has 4 N–H and O–H groups in total. The Hall–Kier alpha value is -5.82. The van der Waals surface area contributed by atoms with Crippen LogP contribution in [0.2, 0.25) is 0 Å². The van der Waals surface area contributed by atoms with Gasteiger partial charge in [-0.3, -0.25) is 9.69 Å². The maximum Gasteiger partial charge on any atom is 0.268 e. The molecule has 2 aromatic heterocycles. The van der Waals surface area contributed by atoms with Gasteiger partial charge in [0.05, 0.1) is 27.5 Å². The van der Waals surface area contributed by atoms with E-state index in [0.29, 0.717) is 30.8 Å². The van der Waals surface area contributed by atoms with Gasteiger partial charge in [-0.2, -0.15) is 4.98 Å². The van der Waals surface area contributed by atoms with Gasteiger partial charge in [0.1, 0.15) is 47.0 Å². The molecule has 2 atom stereocenters. The molecule has 1 amide bonds. The molecule has 0 bridgehead atoms. The van der Waals surface area contributed by atoms with E-state index in [1.165, 1.54) is 42.3 Å². The van der Waals surface area contributed by atoms with E-state index in [2.05, 4.69) is 85.0 Å². The lowest BCUT2D eigenvalue weighted by atomic mass is 9.59. The second kappa shape index (κ2) is 20.0. The molecule has 4 aliphatic heterocycles. The molecule has 5 aromatic rings. The molecule has 11 rings (SSSR count). The molecular formula is C56H69FN8O8S. The number of ether oxygens (including phenoxy) is 3. The number of amides is 1. The van der Waals surface area contributed by atoms with Crippen molar-refractivity contribution in [1.82, 2.24) is 24.5 Å². The number of fused-ring (bicyclic) bond motifs is 2. The van der Waals surface area contributed by atoms with Crippen molar-refractivity contribution in [2.45, 2.75) is 138 Å². The lowest BCUT2D eigenvalue weighted by molar-refractivity contribution is -0.0227. The minimum absolute atomic E-state index is 0.0229. The lowest BCUT2D eigenvalue weighted by Gasteiger charge is -2.56. The third-order valence-electron chi connectivity index (χ3n) is 17.3. The highest BCUT2D eigenvalue weighted by atomic mass is 32.2. The summed E-state index contributed by atoms with van der Waals surface area (Å²) in [6.45, 7) is 10.9. The van der Waals surface area contributed by atoms with Crippen molar-refractivity contribution >= 4 is 44.0 Å². The van der Waals surface area contributed by atoms with E-state index in [9.17, 15) is 23.2 Å². The number of carbonyl (C=O) groups excluding carboxylic acids is 1. The largest absolute Gasteiger partial charge is 0.489 e. The van der Waals surface area contributed by atoms with E-state index in [4.69, 9.17) is 14.2 Å². The highest BCUT2D eigenvalue weighted by molar-refractivity contribution is 7.90. The van der Waals surface area contributed by atoms with Crippen LogP contribution in [0.1, 0.15) is 131 Å². The Labute approximate surface area is 432 Å². The summed E-state index contributed by atoms with van der Waals surface area (Å²) in [4.78, 5) is 41.2. The zero-order valence-electron chi connectivity index (χ0n) is 42.9. The minimum Gasteiger partial charge on any atom is -0.489 e. The number of benzene rings is 3. The fraction of sp³-hybridized carbons (Fsp3) is 0.536. The molecule has 2 saturated carbocycles. The summed E-state index contributed by atoms with van der Waals surface area (Å²) in [6.07, 6.45) is 12.0. The van der Waals surface area contributed by atoms with Crippen molar-refractivity contribution in [3.05, 3.63) is 94.3 Å². The summed E-state index contributed by atoms with van der Waals surface area (Å²) in [5.74, 6) is -0.584. The number of sulfonamides is 1. The van der Waals surface area contributed by atoms with Gasteiger partial charge in [-0.25, -0.2) is 17.5 Å². The number of nitrogens with zero attached hydrogens (tertiary/aromatic N) is 5. The number of aromatic nitrogens is 2. The topological polar surface area (TPSA) is 191 Å². The standard InChI is InChI=1S/C56H69FN8O8S/c1-34(2)40-8-5-6-9-41(40)47-10-7-21-65(47)37-30-56(31-37)19-24-64(25-20-56)36-11-12-42(48(26-36)73-50-29-43-44(57)32-58-52(43)60-54(50)72-38-15-22-63(4)23-16-38)53(66)62-74(69,70)39-27-45(61-68)51-49(28-39)71-33-46(59-51)35-13-17-55(3,67)18-14-35/h5-6,8-9,11-12,26-29,32,34-35,37-38,46-47,59,67H,7,10,13-25,30-31,33H2,1-4H3,(H,58,60)(H,62,66)/t35?,46-,47-,55?/m1/s1. The second-order valence-electron chi connectivity index (χ2n) is 22.7. The van der Waals surface area contributed by atoms with Crippen LogP contribution in [0.5, 0.6) is 23.1 Å². The monoisotopic (exact) mass is 1030 g/mol. The van der Waals surface area contributed by atoms with E-state index in [1.54, 1.807) is 18.2 Å². The van der Waals surface area contributed by atoms with E-state index < -0.39 is 27.3 Å². The average molecular weight is 1030 g/mol. The Morgan fingerprint density at radius 1 is 0.959 bits per heavy atom. The number of nitroso groups, excluding NO2 is 1. The molecule has 1 spiro atoms. The number of rotatable bonds is 13. The number of halogens is 1. The van der Waals surface area contributed by atoms with Gasteiger partial charge in [-0.1, -0.05) is 38.1 Å². The minimum atomic E-state index is -4.64. The number of aliphatic hydroxyl groups is 1. The fourth-order valence-electron chi connectivity index (χ4n) is 12.8. The molecule has 74 heavy (non-hydrogen) atoms. The van der Waals surface area contributed by atoms with Crippen LogP contribution in [0.4, 0.5) is 21.5 Å². The van der Waals surface area contributed by atoms with Gasteiger partial charge in [0.2, 0.25) is 0 Å². The summed E-state index contributed by atoms with van der Waals surface area (Å²) in [5.41, 5.74) is 3.49. The van der Waals surface area contributed by atoms with Gasteiger partial charge in [-0.05, 0) is 149 Å². The molecule has 5 fully saturated rings. The van der Waals surface area contributed by atoms with Crippen molar-refractivity contribution in [2.24, 2.45) is 16.5 Å². The van der Waals surface area contributed by atoms with Crippen molar-refractivity contribution in [3.8, 4) is 23.1 Å². The maximum atomic E-state index is 15.2. The first-order chi connectivity index (χ1) is 35.5. The summed E-state index contributed by atoms with van der Waals surface area (Å²) >= 11 is 0. The third-order valence-corrected chi connectivity index (χ3v) is 18.6.